The Hall–Kier alpha value is -4.57. The number of esters is 1. The van der Waals surface area contributed by atoms with Crippen LogP contribution in [0.1, 0.15) is 74.8 Å². The number of imidazole rings is 1. The Morgan fingerprint density at radius 2 is 1.70 bits per heavy atom. The smallest absolute Gasteiger partial charge is 0.434 e. The van der Waals surface area contributed by atoms with Gasteiger partial charge in [-0.3, -0.25) is 20.8 Å². The molecule has 0 aliphatic rings. The number of nitrogens with zero attached hydrogens (tertiary/aromatic N) is 7. The number of carbonyl (C=O) groups is 2. The number of unbranched alkanes of at least 4 members (excludes halogenated alkanes) is 2. The lowest BCUT2D eigenvalue weighted by Crippen LogP contribution is -2.31. The summed E-state index contributed by atoms with van der Waals surface area (Å²) in [7, 11) is 0. The standard InChI is InChI=1S/C33H43ClN8O11/c1-4-5-13-27-35-29(34)28(40(27)19-22-14-16-23(17-15-22)25-11-6-7-12-26(25)30-36-38-39-37-30)31(43)51-32(21(2)3)52-33(44)49-18-9-8-10-24(53-42(47)48)20-50-41(45)46/h6-7,11-12,14-17,21,24,32,45-48H,4-5,8-10,13,18-20H2,1-3H3,(H,36,37,38,39)/t24-,32?/m0/s1. The van der Waals surface area contributed by atoms with Gasteiger partial charge in [-0.15, -0.1) is 10.2 Å². The van der Waals surface area contributed by atoms with Crippen LogP contribution in [0.15, 0.2) is 48.5 Å². The van der Waals surface area contributed by atoms with Crippen molar-refractivity contribution in [3.05, 3.63) is 70.8 Å². The molecule has 0 saturated carbocycles. The third-order valence-electron chi connectivity index (χ3n) is 7.81. The quantitative estimate of drug-likeness (QED) is 0.0299. The predicted octanol–water partition coefficient (Wildman–Crippen LogP) is 5.63. The van der Waals surface area contributed by atoms with Crippen LogP contribution < -0.4 is 0 Å². The monoisotopic (exact) mass is 762 g/mol. The first-order valence-electron chi connectivity index (χ1n) is 16.8. The molecule has 0 aliphatic heterocycles. The fourth-order valence-electron chi connectivity index (χ4n) is 5.20. The molecule has 4 aromatic rings. The lowest BCUT2D eigenvalue weighted by Gasteiger charge is -2.22. The first-order valence-corrected chi connectivity index (χ1v) is 17.2. The molecule has 0 spiro atoms. The second-order valence-electron chi connectivity index (χ2n) is 12.1. The zero-order chi connectivity index (χ0) is 38.3. The van der Waals surface area contributed by atoms with Gasteiger partial charge in [0, 0.05) is 24.4 Å². The molecule has 0 bridgehead atoms. The molecule has 53 heavy (non-hydrogen) atoms. The van der Waals surface area contributed by atoms with Crippen molar-refractivity contribution in [1.29, 1.82) is 0 Å². The Morgan fingerprint density at radius 3 is 2.34 bits per heavy atom. The van der Waals surface area contributed by atoms with Crippen molar-refractivity contribution in [3.63, 3.8) is 0 Å². The molecule has 1 unspecified atom stereocenters. The number of carbonyl (C=O) groups excluding carboxylic acids is 2. The van der Waals surface area contributed by atoms with E-state index < -0.39 is 47.8 Å². The molecule has 2 aromatic heterocycles. The maximum Gasteiger partial charge on any atom is 0.511 e. The summed E-state index contributed by atoms with van der Waals surface area (Å²) in [4.78, 5) is 39.8. The molecule has 5 N–H and O–H groups in total. The topological polar surface area (TPSA) is 240 Å². The second kappa shape index (κ2) is 20.6. The lowest BCUT2D eigenvalue weighted by atomic mass is 9.98. The molecule has 19 nitrogen and oxygen atoms in total. The number of hydrogen-bond acceptors (Lipinski definition) is 17. The minimum atomic E-state index is -1.32. The van der Waals surface area contributed by atoms with Crippen LogP contribution in [-0.4, -0.2) is 99.5 Å². The Labute approximate surface area is 309 Å². The third-order valence-corrected chi connectivity index (χ3v) is 8.07. The molecule has 4 rings (SSSR count). The van der Waals surface area contributed by atoms with Crippen LogP contribution in [-0.2, 0) is 36.9 Å². The van der Waals surface area contributed by atoms with E-state index in [-0.39, 0.29) is 30.4 Å². The molecule has 2 aromatic carbocycles. The minimum absolute atomic E-state index is 0.0162. The summed E-state index contributed by atoms with van der Waals surface area (Å²) in [6.07, 6.45) is -0.314. The fraction of sp³-hybridized carbons (Fsp3) is 0.455. The van der Waals surface area contributed by atoms with Crippen molar-refractivity contribution >= 4 is 23.7 Å². The number of benzene rings is 2. The Bertz CT molecular complexity index is 1720. The van der Waals surface area contributed by atoms with E-state index in [2.05, 4.69) is 35.3 Å². The number of aryl methyl sites for hydroxylation is 1. The highest BCUT2D eigenvalue weighted by molar-refractivity contribution is 6.32. The van der Waals surface area contributed by atoms with Gasteiger partial charge >= 0.3 is 12.1 Å². The van der Waals surface area contributed by atoms with Crippen molar-refractivity contribution in [2.75, 3.05) is 13.2 Å². The Morgan fingerprint density at radius 1 is 0.962 bits per heavy atom. The highest BCUT2D eigenvalue weighted by atomic mass is 35.5. The predicted molar refractivity (Wildman–Crippen MR) is 182 cm³/mol. The summed E-state index contributed by atoms with van der Waals surface area (Å²) in [5.41, 5.74) is 3.55. The molecular weight excluding hydrogens is 720 g/mol. The van der Waals surface area contributed by atoms with Gasteiger partial charge in [-0.2, -0.15) is 5.21 Å². The van der Waals surface area contributed by atoms with Crippen LogP contribution in [0.4, 0.5) is 4.79 Å². The number of ether oxygens (including phenoxy) is 3. The minimum Gasteiger partial charge on any atom is -0.434 e. The Balaban J connectivity index is 1.40. The van der Waals surface area contributed by atoms with E-state index in [4.69, 9.17) is 46.6 Å². The molecule has 0 saturated heterocycles. The zero-order valence-corrected chi connectivity index (χ0v) is 30.1. The van der Waals surface area contributed by atoms with E-state index in [1.54, 1.807) is 18.4 Å². The number of aromatic nitrogens is 6. The van der Waals surface area contributed by atoms with Gasteiger partial charge in [-0.25, -0.2) is 24.2 Å². The fourth-order valence-corrected chi connectivity index (χ4v) is 5.48. The van der Waals surface area contributed by atoms with Crippen LogP contribution in [0.2, 0.25) is 5.15 Å². The van der Waals surface area contributed by atoms with E-state index in [1.165, 1.54) is 0 Å². The van der Waals surface area contributed by atoms with Crippen LogP contribution in [0.25, 0.3) is 22.5 Å². The van der Waals surface area contributed by atoms with Crippen LogP contribution >= 0.6 is 11.6 Å². The van der Waals surface area contributed by atoms with Gasteiger partial charge in [0.15, 0.2) is 10.8 Å². The van der Waals surface area contributed by atoms with Crippen molar-refractivity contribution in [3.8, 4) is 22.5 Å². The molecular formula is C33H43ClN8O11. The van der Waals surface area contributed by atoms with E-state index in [1.807, 2.05) is 55.5 Å². The van der Waals surface area contributed by atoms with Gasteiger partial charge < -0.3 is 18.8 Å². The number of hydrogen-bond donors (Lipinski definition) is 5. The van der Waals surface area contributed by atoms with Crippen molar-refractivity contribution in [2.45, 2.75) is 78.2 Å². The number of tetrazole rings is 1. The number of H-pyrrole nitrogens is 1. The van der Waals surface area contributed by atoms with Gasteiger partial charge in [0.05, 0.1) is 17.4 Å². The van der Waals surface area contributed by atoms with Gasteiger partial charge in [0.1, 0.15) is 18.5 Å². The lowest BCUT2D eigenvalue weighted by molar-refractivity contribution is -0.527. The summed E-state index contributed by atoms with van der Waals surface area (Å²) >= 11 is 6.55. The summed E-state index contributed by atoms with van der Waals surface area (Å²) in [6.45, 7) is 5.18. The highest BCUT2D eigenvalue weighted by Crippen LogP contribution is 2.30. The normalized spacial score (nSPS) is 12.7. The van der Waals surface area contributed by atoms with E-state index in [9.17, 15) is 9.59 Å². The van der Waals surface area contributed by atoms with Crippen molar-refractivity contribution in [1.82, 2.24) is 41.0 Å². The molecule has 2 heterocycles. The highest BCUT2D eigenvalue weighted by Gasteiger charge is 2.30. The zero-order valence-electron chi connectivity index (χ0n) is 29.4. The van der Waals surface area contributed by atoms with Gasteiger partial charge in [0.25, 0.3) is 6.29 Å². The molecule has 288 valence electrons. The summed E-state index contributed by atoms with van der Waals surface area (Å²) in [6, 6.07) is 15.5. The van der Waals surface area contributed by atoms with Gasteiger partial charge in [-0.05, 0) is 47.6 Å². The van der Waals surface area contributed by atoms with Crippen molar-refractivity contribution in [2.24, 2.45) is 5.92 Å². The van der Waals surface area contributed by atoms with E-state index in [0.29, 0.717) is 30.9 Å². The number of rotatable bonds is 21. The number of nitrogens with one attached hydrogen (secondary N) is 1. The molecule has 0 radical (unpaired) electrons. The Kier molecular flexibility index (Phi) is 16.0. The average molecular weight is 763 g/mol. The SMILES string of the molecule is CCCCc1nc(Cl)c(C(=O)OC(OC(=O)OCCCC[C@@H](CON(O)O)ON(O)O)C(C)C)n1Cc1ccc(-c2ccccc2-c2nn[nH]n2)cc1. The second-order valence-corrected chi connectivity index (χ2v) is 12.5. The van der Waals surface area contributed by atoms with Crippen LogP contribution in [0, 0.1) is 5.92 Å². The van der Waals surface area contributed by atoms with E-state index >= 15 is 0 Å². The number of halogens is 1. The van der Waals surface area contributed by atoms with E-state index in [0.717, 1.165) is 35.1 Å². The van der Waals surface area contributed by atoms with Crippen LogP contribution in [0.3, 0.4) is 0 Å². The maximum atomic E-state index is 13.7. The third kappa shape index (κ3) is 12.5. The molecule has 0 aliphatic carbocycles. The summed E-state index contributed by atoms with van der Waals surface area (Å²) in [5.74, 6) is -0.213. The van der Waals surface area contributed by atoms with Gasteiger partial charge in [-0.1, -0.05) is 87.3 Å². The molecule has 20 heteroatoms. The van der Waals surface area contributed by atoms with Crippen LogP contribution in [0.5, 0.6) is 0 Å². The maximum absolute atomic E-state index is 13.7. The molecule has 2 atom stereocenters. The summed E-state index contributed by atoms with van der Waals surface area (Å²) < 4.78 is 17.9. The van der Waals surface area contributed by atoms with Gasteiger partial charge in [0.2, 0.25) is 5.82 Å². The largest absolute Gasteiger partial charge is 0.511 e. The first-order chi connectivity index (χ1) is 25.5. The molecule has 0 amide bonds. The average Bonchev–Trinajstić information content (AvgIpc) is 3.77. The number of aromatic amines is 1. The van der Waals surface area contributed by atoms with Crippen molar-refractivity contribution < 1.29 is 54.3 Å². The first kappa shape index (κ1) is 41.2. The molecule has 0 fully saturated rings. The summed E-state index contributed by atoms with van der Waals surface area (Å²) in [5, 5.41) is 48.4.